The van der Waals surface area contributed by atoms with E-state index in [0.29, 0.717) is 13.1 Å². The van der Waals surface area contributed by atoms with Crippen molar-refractivity contribution >= 4 is 11.3 Å². The molecule has 3 rings (SSSR count). The van der Waals surface area contributed by atoms with Crippen molar-refractivity contribution in [1.29, 1.82) is 0 Å². The molecule has 0 amide bonds. The van der Waals surface area contributed by atoms with Crippen molar-refractivity contribution in [2.24, 2.45) is 5.11 Å². The van der Waals surface area contributed by atoms with Gasteiger partial charge in [-0.2, -0.15) is 5.10 Å². The van der Waals surface area contributed by atoms with Crippen LogP contribution in [0.1, 0.15) is 15.3 Å². The Morgan fingerprint density at radius 3 is 3.28 bits per heavy atom. The van der Waals surface area contributed by atoms with Crippen LogP contribution >= 0.6 is 11.3 Å². The summed E-state index contributed by atoms with van der Waals surface area (Å²) in [5.41, 5.74) is 12.2. The van der Waals surface area contributed by atoms with Gasteiger partial charge < -0.3 is 0 Å². The second-order valence-corrected chi connectivity index (χ2v) is 5.73. The molecule has 5 nitrogen and oxygen atoms in total. The smallest absolute Gasteiger partial charge is 0.0725 e. The lowest BCUT2D eigenvalue weighted by atomic mass is 9.97. The lowest BCUT2D eigenvalue weighted by molar-refractivity contribution is 0.629. The predicted octanol–water partition coefficient (Wildman–Crippen LogP) is 3.33. The highest BCUT2D eigenvalue weighted by molar-refractivity contribution is 7.12. The highest BCUT2D eigenvalue weighted by Gasteiger charge is 2.22. The van der Waals surface area contributed by atoms with Crippen LogP contribution < -0.4 is 0 Å². The van der Waals surface area contributed by atoms with E-state index in [2.05, 4.69) is 28.1 Å². The molecule has 6 heteroatoms. The average molecular weight is 259 g/mol. The lowest BCUT2D eigenvalue weighted by Crippen LogP contribution is -2.08. The summed E-state index contributed by atoms with van der Waals surface area (Å²) in [7, 11) is 0. The fourth-order valence-corrected chi connectivity index (χ4v) is 3.50. The topological polar surface area (TPSA) is 66.6 Å². The third-order valence-corrected chi connectivity index (χ3v) is 4.31. The van der Waals surface area contributed by atoms with Crippen LogP contribution in [0.5, 0.6) is 0 Å². The van der Waals surface area contributed by atoms with E-state index in [-0.39, 0.29) is 0 Å². The fraction of sp³-hybridized carbons (Fsp3) is 0.417. The summed E-state index contributed by atoms with van der Waals surface area (Å²) in [5.74, 6) is 0. The van der Waals surface area contributed by atoms with Gasteiger partial charge in [0.2, 0.25) is 0 Å². The molecule has 18 heavy (non-hydrogen) atoms. The van der Waals surface area contributed by atoms with Gasteiger partial charge in [-0.1, -0.05) is 5.11 Å². The van der Waals surface area contributed by atoms with Crippen molar-refractivity contribution in [1.82, 2.24) is 9.78 Å². The predicted molar refractivity (Wildman–Crippen MR) is 71.7 cm³/mol. The van der Waals surface area contributed by atoms with Gasteiger partial charge in [0.05, 0.1) is 11.9 Å². The molecule has 0 fully saturated rings. The molecule has 0 unspecified atom stereocenters. The van der Waals surface area contributed by atoms with E-state index in [0.717, 1.165) is 12.8 Å². The summed E-state index contributed by atoms with van der Waals surface area (Å²) < 4.78 is 1.97. The fourth-order valence-electron chi connectivity index (χ4n) is 2.47. The molecule has 0 saturated carbocycles. The quantitative estimate of drug-likeness (QED) is 0.473. The molecular formula is C12H13N5S. The standard InChI is InChI=1S/C12H13N5S/c1-8-6-10-11(18-8)3-2-9-7-15-17(12(9)10)5-4-14-16-13/h6-7H,2-5H2,1H3. The van der Waals surface area contributed by atoms with Crippen LogP contribution in [0.4, 0.5) is 0 Å². The van der Waals surface area contributed by atoms with Gasteiger partial charge in [-0.15, -0.1) is 11.3 Å². The van der Waals surface area contributed by atoms with Crippen LogP contribution in [0.3, 0.4) is 0 Å². The number of rotatable bonds is 3. The monoisotopic (exact) mass is 259 g/mol. The Morgan fingerprint density at radius 1 is 1.56 bits per heavy atom. The van der Waals surface area contributed by atoms with Gasteiger partial charge in [-0.05, 0) is 36.9 Å². The first-order valence-electron chi connectivity index (χ1n) is 5.95. The van der Waals surface area contributed by atoms with E-state index in [1.54, 1.807) is 0 Å². The van der Waals surface area contributed by atoms with E-state index in [4.69, 9.17) is 5.53 Å². The average Bonchev–Trinajstić information content (AvgIpc) is 2.91. The molecule has 0 bridgehead atoms. The van der Waals surface area contributed by atoms with Crippen LogP contribution in [0.2, 0.25) is 0 Å². The largest absolute Gasteiger partial charge is 0.264 e. The van der Waals surface area contributed by atoms with Gasteiger partial charge in [0, 0.05) is 33.3 Å². The lowest BCUT2D eigenvalue weighted by Gasteiger charge is -2.14. The van der Waals surface area contributed by atoms with E-state index in [1.807, 2.05) is 22.2 Å². The number of fused-ring (bicyclic) bond motifs is 3. The van der Waals surface area contributed by atoms with E-state index < -0.39 is 0 Å². The Balaban J connectivity index is 2.01. The minimum Gasteiger partial charge on any atom is -0.264 e. The van der Waals surface area contributed by atoms with Gasteiger partial charge in [-0.3, -0.25) is 4.68 Å². The molecule has 0 saturated heterocycles. The second kappa shape index (κ2) is 4.48. The third kappa shape index (κ3) is 1.79. The summed E-state index contributed by atoms with van der Waals surface area (Å²) in [6.07, 6.45) is 4.12. The number of azide groups is 1. The molecule has 1 aliphatic rings. The normalized spacial score (nSPS) is 12.7. The van der Waals surface area contributed by atoms with Crippen LogP contribution in [0, 0.1) is 6.92 Å². The maximum atomic E-state index is 8.32. The summed E-state index contributed by atoms with van der Waals surface area (Å²) in [4.78, 5) is 5.57. The van der Waals surface area contributed by atoms with Crippen molar-refractivity contribution in [2.45, 2.75) is 26.3 Å². The zero-order valence-electron chi connectivity index (χ0n) is 10.1. The molecular weight excluding hydrogens is 246 g/mol. The minimum atomic E-state index is 0.447. The SMILES string of the molecule is Cc1cc2c(s1)CCc1cnn(CCN=[N+]=[N-])c1-2. The Labute approximate surface area is 109 Å². The van der Waals surface area contributed by atoms with Gasteiger partial charge in [-0.25, -0.2) is 0 Å². The molecule has 0 aromatic carbocycles. The number of aryl methyl sites for hydroxylation is 3. The maximum absolute atomic E-state index is 8.32. The van der Waals surface area contributed by atoms with Crippen molar-refractivity contribution in [3.8, 4) is 11.3 Å². The van der Waals surface area contributed by atoms with E-state index >= 15 is 0 Å². The van der Waals surface area contributed by atoms with Gasteiger partial charge in [0.15, 0.2) is 0 Å². The van der Waals surface area contributed by atoms with Gasteiger partial charge in [0.25, 0.3) is 0 Å². The number of nitrogens with zero attached hydrogens (tertiary/aromatic N) is 5. The maximum Gasteiger partial charge on any atom is 0.0725 e. The highest BCUT2D eigenvalue weighted by atomic mass is 32.1. The summed E-state index contributed by atoms with van der Waals surface area (Å²) >= 11 is 1.87. The molecule has 2 aromatic heterocycles. The number of thiophene rings is 1. The summed E-state index contributed by atoms with van der Waals surface area (Å²) in [5, 5.41) is 7.99. The first-order chi connectivity index (χ1) is 8.79. The second-order valence-electron chi connectivity index (χ2n) is 4.39. The molecule has 0 radical (unpaired) electrons. The Morgan fingerprint density at radius 2 is 2.44 bits per heavy atom. The number of aromatic nitrogens is 2. The van der Waals surface area contributed by atoms with Crippen molar-refractivity contribution < 1.29 is 0 Å². The first-order valence-corrected chi connectivity index (χ1v) is 6.76. The van der Waals surface area contributed by atoms with E-state index in [1.165, 1.54) is 26.6 Å². The molecule has 2 heterocycles. The third-order valence-electron chi connectivity index (χ3n) is 3.20. The van der Waals surface area contributed by atoms with Gasteiger partial charge >= 0.3 is 0 Å². The van der Waals surface area contributed by atoms with Crippen LogP contribution in [-0.2, 0) is 19.4 Å². The van der Waals surface area contributed by atoms with Crippen molar-refractivity contribution in [2.75, 3.05) is 6.54 Å². The summed E-state index contributed by atoms with van der Waals surface area (Å²) in [6.45, 7) is 3.24. The zero-order chi connectivity index (χ0) is 12.5. The Bertz CT molecular complexity index is 633. The number of hydrogen-bond donors (Lipinski definition) is 0. The van der Waals surface area contributed by atoms with Crippen LogP contribution in [0.25, 0.3) is 21.7 Å². The Kier molecular flexibility index (Phi) is 2.81. The van der Waals surface area contributed by atoms with Crippen LogP contribution in [-0.4, -0.2) is 16.3 Å². The molecule has 92 valence electrons. The van der Waals surface area contributed by atoms with E-state index in [9.17, 15) is 0 Å². The molecule has 2 aromatic rings. The first kappa shape index (κ1) is 11.3. The van der Waals surface area contributed by atoms with Crippen molar-refractivity contribution in [3.05, 3.63) is 38.0 Å². The molecule has 1 aliphatic carbocycles. The minimum absolute atomic E-state index is 0.447. The number of hydrogen-bond acceptors (Lipinski definition) is 3. The van der Waals surface area contributed by atoms with Gasteiger partial charge in [0.1, 0.15) is 0 Å². The summed E-state index contributed by atoms with van der Waals surface area (Å²) in [6, 6.07) is 2.24. The highest BCUT2D eigenvalue weighted by Crippen LogP contribution is 2.38. The molecule has 0 spiro atoms. The van der Waals surface area contributed by atoms with Crippen LogP contribution in [0.15, 0.2) is 17.4 Å². The molecule has 0 aliphatic heterocycles. The molecule has 0 N–H and O–H groups in total. The Hall–Kier alpha value is -1.78. The molecule has 0 atom stereocenters. The van der Waals surface area contributed by atoms with Crippen molar-refractivity contribution in [3.63, 3.8) is 0 Å². The zero-order valence-corrected chi connectivity index (χ0v) is 10.9.